The molecule has 23 heavy (non-hydrogen) atoms. The molecule has 0 saturated heterocycles. The summed E-state index contributed by atoms with van der Waals surface area (Å²) in [5.41, 5.74) is 4.53. The van der Waals surface area contributed by atoms with Crippen LogP contribution in [-0.2, 0) is 6.54 Å². The van der Waals surface area contributed by atoms with Gasteiger partial charge in [0, 0.05) is 11.8 Å². The van der Waals surface area contributed by atoms with Crippen molar-refractivity contribution >= 4 is 23.5 Å². The zero-order valence-corrected chi connectivity index (χ0v) is 12.7. The van der Waals surface area contributed by atoms with E-state index in [1.807, 2.05) is 41.2 Å². The summed E-state index contributed by atoms with van der Waals surface area (Å²) in [5.74, 6) is 0. The number of halogens is 1. The maximum absolute atomic E-state index is 11.3. The highest BCUT2D eigenvalue weighted by atomic mass is 35.5. The van der Waals surface area contributed by atoms with Crippen molar-refractivity contribution in [1.82, 2.24) is 20.0 Å². The monoisotopic (exact) mass is 328 g/mol. The molecule has 0 aliphatic rings. The van der Waals surface area contributed by atoms with Crippen LogP contribution in [0.2, 0.25) is 5.02 Å². The average molecular weight is 329 g/mol. The van der Waals surface area contributed by atoms with Gasteiger partial charge in [-0.1, -0.05) is 41.9 Å². The molecule has 1 aromatic carbocycles. The highest BCUT2D eigenvalue weighted by Crippen LogP contribution is 2.13. The van der Waals surface area contributed by atoms with Crippen molar-refractivity contribution in [1.29, 1.82) is 0 Å². The predicted octanol–water partition coefficient (Wildman–Crippen LogP) is 2.11. The van der Waals surface area contributed by atoms with Gasteiger partial charge in [0.05, 0.1) is 25.2 Å². The van der Waals surface area contributed by atoms with Crippen LogP contribution in [0.5, 0.6) is 0 Å². The van der Waals surface area contributed by atoms with Crippen molar-refractivity contribution in [2.45, 2.75) is 6.54 Å². The third-order valence-corrected chi connectivity index (χ3v) is 3.41. The molecular formula is C15H13ClN6O. The number of aromatic nitrogens is 4. The summed E-state index contributed by atoms with van der Waals surface area (Å²) in [4.78, 5) is 11.3. The molecule has 0 saturated carbocycles. The third-order valence-electron chi connectivity index (χ3n) is 3.03. The first-order chi connectivity index (χ1) is 11.2. The quantitative estimate of drug-likeness (QED) is 0.554. The molecule has 2 aromatic heterocycles. The fourth-order valence-electron chi connectivity index (χ4n) is 1.94. The summed E-state index contributed by atoms with van der Waals surface area (Å²) in [7, 11) is 0. The van der Waals surface area contributed by atoms with E-state index in [4.69, 9.17) is 11.6 Å². The van der Waals surface area contributed by atoms with Gasteiger partial charge in [-0.25, -0.2) is 5.10 Å². The minimum Gasteiger partial charge on any atom is -0.275 e. The number of benzene rings is 1. The molecule has 0 atom stereocenters. The standard InChI is InChI=1S/C15H13ClN6O/c16-14-13(8-18-21-15(14)23)20-17-6-12-7-19-22(10-12)9-11-4-2-1-3-5-11/h1-8,10H,9H2,(H2,20,21,23)/b17-6-. The number of hydrogen-bond donors (Lipinski definition) is 2. The van der Waals surface area contributed by atoms with E-state index in [0.717, 1.165) is 5.56 Å². The lowest BCUT2D eigenvalue weighted by molar-refractivity contribution is 0.687. The Morgan fingerprint density at radius 3 is 2.96 bits per heavy atom. The minimum absolute atomic E-state index is 0.0110. The summed E-state index contributed by atoms with van der Waals surface area (Å²) < 4.78 is 1.82. The summed E-state index contributed by atoms with van der Waals surface area (Å²) in [6.45, 7) is 0.686. The van der Waals surface area contributed by atoms with Crippen molar-refractivity contribution in [3.63, 3.8) is 0 Å². The van der Waals surface area contributed by atoms with Crippen molar-refractivity contribution in [2.75, 3.05) is 5.43 Å². The van der Waals surface area contributed by atoms with Gasteiger partial charge in [0.25, 0.3) is 5.56 Å². The molecule has 3 aromatic rings. The number of H-pyrrole nitrogens is 1. The van der Waals surface area contributed by atoms with Gasteiger partial charge in [-0.05, 0) is 5.56 Å². The van der Waals surface area contributed by atoms with Crippen LogP contribution in [0.3, 0.4) is 0 Å². The maximum Gasteiger partial charge on any atom is 0.285 e. The van der Waals surface area contributed by atoms with Crippen molar-refractivity contribution < 1.29 is 0 Å². The number of hydrazone groups is 1. The van der Waals surface area contributed by atoms with Gasteiger partial charge in [-0.2, -0.15) is 15.3 Å². The first-order valence-electron chi connectivity index (χ1n) is 6.81. The van der Waals surface area contributed by atoms with Crippen LogP contribution in [-0.4, -0.2) is 26.2 Å². The first kappa shape index (κ1) is 15.0. The van der Waals surface area contributed by atoms with Gasteiger partial charge in [0.2, 0.25) is 0 Å². The Hall–Kier alpha value is -2.93. The lowest BCUT2D eigenvalue weighted by Crippen LogP contribution is -2.10. The maximum atomic E-state index is 11.3. The summed E-state index contributed by atoms with van der Waals surface area (Å²) in [6.07, 6.45) is 6.55. The second-order valence-corrected chi connectivity index (χ2v) is 5.13. The molecule has 0 aliphatic heterocycles. The van der Waals surface area contributed by atoms with E-state index in [2.05, 4.69) is 25.8 Å². The molecule has 0 fully saturated rings. The smallest absolute Gasteiger partial charge is 0.275 e. The number of aromatic amines is 1. The van der Waals surface area contributed by atoms with Crippen LogP contribution in [0.25, 0.3) is 0 Å². The number of anilines is 1. The van der Waals surface area contributed by atoms with Gasteiger partial charge in [0.1, 0.15) is 10.7 Å². The van der Waals surface area contributed by atoms with Crippen LogP contribution >= 0.6 is 11.6 Å². The van der Waals surface area contributed by atoms with Gasteiger partial charge >= 0.3 is 0 Å². The molecule has 0 unspecified atom stereocenters. The first-order valence-corrected chi connectivity index (χ1v) is 7.19. The van der Waals surface area contributed by atoms with E-state index in [9.17, 15) is 4.79 Å². The second-order valence-electron chi connectivity index (χ2n) is 4.75. The SMILES string of the molecule is O=c1[nH]ncc(N/N=C\c2cnn(Cc3ccccc3)c2)c1Cl. The number of rotatable bonds is 5. The number of hydrogen-bond acceptors (Lipinski definition) is 5. The van der Waals surface area contributed by atoms with E-state index in [1.54, 1.807) is 12.4 Å². The third kappa shape index (κ3) is 3.83. The van der Waals surface area contributed by atoms with Crippen molar-refractivity contribution in [2.24, 2.45) is 5.10 Å². The molecule has 0 aliphatic carbocycles. The fourth-order valence-corrected chi connectivity index (χ4v) is 2.07. The Morgan fingerprint density at radius 2 is 2.13 bits per heavy atom. The van der Waals surface area contributed by atoms with Crippen LogP contribution in [0, 0.1) is 0 Å². The van der Waals surface area contributed by atoms with Gasteiger partial charge in [0.15, 0.2) is 0 Å². The molecule has 0 spiro atoms. The zero-order chi connectivity index (χ0) is 16.1. The van der Waals surface area contributed by atoms with E-state index in [1.165, 1.54) is 11.8 Å². The Kier molecular flexibility index (Phi) is 4.49. The molecule has 2 N–H and O–H groups in total. The normalized spacial score (nSPS) is 11.0. The Labute approximate surface area is 136 Å². The van der Waals surface area contributed by atoms with Crippen molar-refractivity contribution in [3.05, 3.63) is 75.4 Å². The average Bonchev–Trinajstić information content (AvgIpc) is 3.00. The molecule has 8 heteroatoms. The second kappa shape index (κ2) is 6.89. The molecule has 2 heterocycles. The lowest BCUT2D eigenvalue weighted by atomic mass is 10.2. The largest absolute Gasteiger partial charge is 0.285 e. The predicted molar refractivity (Wildman–Crippen MR) is 88.9 cm³/mol. The van der Waals surface area contributed by atoms with Crippen LogP contribution in [0.15, 0.2) is 58.8 Å². The van der Waals surface area contributed by atoms with Crippen LogP contribution < -0.4 is 11.0 Å². The van der Waals surface area contributed by atoms with E-state index in [-0.39, 0.29) is 5.02 Å². The Morgan fingerprint density at radius 1 is 1.30 bits per heavy atom. The lowest BCUT2D eigenvalue weighted by Gasteiger charge is -2.00. The van der Waals surface area contributed by atoms with Crippen molar-refractivity contribution in [3.8, 4) is 0 Å². The highest BCUT2D eigenvalue weighted by molar-refractivity contribution is 6.32. The molecule has 0 amide bonds. The molecule has 7 nitrogen and oxygen atoms in total. The van der Waals surface area contributed by atoms with Crippen LogP contribution in [0.4, 0.5) is 5.69 Å². The fraction of sp³-hybridized carbons (Fsp3) is 0.0667. The number of nitrogens with one attached hydrogen (secondary N) is 2. The van der Waals surface area contributed by atoms with E-state index in [0.29, 0.717) is 12.2 Å². The highest BCUT2D eigenvalue weighted by Gasteiger charge is 2.03. The van der Waals surface area contributed by atoms with Gasteiger partial charge in [-0.15, -0.1) is 0 Å². The molecule has 3 rings (SSSR count). The number of nitrogens with zero attached hydrogens (tertiary/aromatic N) is 4. The van der Waals surface area contributed by atoms with E-state index >= 15 is 0 Å². The summed E-state index contributed by atoms with van der Waals surface area (Å²) >= 11 is 5.83. The zero-order valence-electron chi connectivity index (χ0n) is 12.0. The molecule has 116 valence electrons. The molecule has 0 bridgehead atoms. The molecule has 0 radical (unpaired) electrons. The van der Waals surface area contributed by atoms with E-state index < -0.39 is 5.56 Å². The topological polar surface area (TPSA) is 88.0 Å². The molecular weight excluding hydrogens is 316 g/mol. The Balaban J connectivity index is 1.65. The van der Waals surface area contributed by atoms with Crippen LogP contribution in [0.1, 0.15) is 11.1 Å². The Bertz CT molecular complexity index is 871. The minimum atomic E-state index is -0.470. The summed E-state index contributed by atoms with van der Waals surface area (Å²) in [6, 6.07) is 10.0. The van der Waals surface area contributed by atoms with Gasteiger partial charge < -0.3 is 0 Å². The summed E-state index contributed by atoms with van der Waals surface area (Å²) in [5, 5.41) is 14.2. The van der Waals surface area contributed by atoms with Gasteiger partial charge in [-0.3, -0.25) is 14.9 Å².